The standard InChI is InChI=1S/C14H21FN2O2/c1-17(2)13(18)8-10-4-6-11(7-5-10)14(19-3)12(16)9-15/h4-7,12,14H,8-9,16H2,1-3H3/t12-,14-/m1/s1. The lowest BCUT2D eigenvalue weighted by Gasteiger charge is -2.20. The van der Waals surface area contributed by atoms with E-state index >= 15 is 0 Å². The summed E-state index contributed by atoms with van der Waals surface area (Å²) in [4.78, 5) is 13.1. The molecule has 19 heavy (non-hydrogen) atoms. The second-order valence-corrected chi connectivity index (χ2v) is 4.68. The van der Waals surface area contributed by atoms with E-state index < -0.39 is 18.8 Å². The number of carbonyl (C=O) groups excluding carboxylic acids is 1. The first-order valence-electron chi connectivity index (χ1n) is 6.13. The molecule has 0 bridgehead atoms. The topological polar surface area (TPSA) is 55.6 Å². The lowest BCUT2D eigenvalue weighted by atomic mass is 10.0. The highest BCUT2D eigenvalue weighted by atomic mass is 19.1. The maximum absolute atomic E-state index is 12.6. The Morgan fingerprint density at radius 3 is 2.37 bits per heavy atom. The number of halogens is 1. The smallest absolute Gasteiger partial charge is 0.226 e. The number of methoxy groups -OCH3 is 1. The monoisotopic (exact) mass is 268 g/mol. The van der Waals surface area contributed by atoms with Crippen molar-refractivity contribution in [3.05, 3.63) is 35.4 Å². The molecule has 0 aliphatic heterocycles. The van der Waals surface area contributed by atoms with Crippen molar-refractivity contribution in [2.45, 2.75) is 18.6 Å². The van der Waals surface area contributed by atoms with Gasteiger partial charge in [-0.15, -0.1) is 0 Å². The molecule has 0 unspecified atom stereocenters. The number of hydrogen-bond donors (Lipinski definition) is 1. The highest BCUT2D eigenvalue weighted by molar-refractivity contribution is 5.78. The third-order valence-electron chi connectivity index (χ3n) is 2.98. The zero-order valence-electron chi connectivity index (χ0n) is 11.6. The Balaban J connectivity index is 2.78. The first-order chi connectivity index (χ1) is 8.99. The second-order valence-electron chi connectivity index (χ2n) is 4.68. The van der Waals surface area contributed by atoms with Crippen molar-refractivity contribution in [2.24, 2.45) is 5.73 Å². The molecular formula is C14H21FN2O2. The number of hydrogen-bond acceptors (Lipinski definition) is 3. The van der Waals surface area contributed by atoms with Gasteiger partial charge in [-0.05, 0) is 11.1 Å². The molecule has 0 aliphatic rings. The summed E-state index contributed by atoms with van der Waals surface area (Å²) in [6, 6.07) is 6.64. The van der Waals surface area contributed by atoms with Gasteiger partial charge in [0.2, 0.25) is 5.91 Å². The number of alkyl halides is 1. The molecular weight excluding hydrogens is 247 g/mol. The Morgan fingerprint density at radius 2 is 1.95 bits per heavy atom. The van der Waals surface area contributed by atoms with Gasteiger partial charge in [-0.25, -0.2) is 4.39 Å². The molecule has 1 aromatic rings. The first-order valence-corrected chi connectivity index (χ1v) is 6.13. The molecule has 1 aromatic carbocycles. The fourth-order valence-corrected chi connectivity index (χ4v) is 1.80. The van der Waals surface area contributed by atoms with E-state index in [2.05, 4.69) is 0 Å². The van der Waals surface area contributed by atoms with Crippen LogP contribution in [0.4, 0.5) is 4.39 Å². The number of ether oxygens (including phenoxy) is 1. The van der Waals surface area contributed by atoms with E-state index in [4.69, 9.17) is 10.5 Å². The van der Waals surface area contributed by atoms with Crippen LogP contribution in [0, 0.1) is 0 Å². The van der Waals surface area contributed by atoms with Crippen LogP contribution in [0.3, 0.4) is 0 Å². The van der Waals surface area contributed by atoms with Crippen molar-refractivity contribution in [1.82, 2.24) is 4.90 Å². The van der Waals surface area contributed by atoms with Gasteiger partial charge in [-0.2, -0.15) is 0 Å². The van der Waals surface area contributed by atoms with Crippen LogP contribution in [0.2, 0.25) is 0 Å². The third-order valence-corrected chi connectivity index (χ3v) is 2.98. The second kappa shape index (κ2) is 7.21. The maximum Gasteiger partial charge on any atom is 0.226 e. The first kappa shape index (κ1) is 15.6. The zero-order chi connectivity index (χ0) is 14.4. The lowest BCUT2D eigenvalue weighted by molar-refractivity contribution is -0.127. The Kier molecular flexibility index (Phi) is 5.92. The van der Waals surface area contributed by atoms with Gasteiger partial charge in [-0.1, -0.05) is 24.3 Å². The molecule has 0 saturated carbocycles. The summed E-state index contributed by atoms with van der Waals surface area (Å²) in [6.45, 7) is -0.640. The number of nitrogens with two attached hydrogens (primary N) is 1. The molecule has 1 amide bonds. The van der Waals surface area contributed by atoms with Gasteiger partial charge in [0.15, 0.2) is 0 Å². The number of amides is 1. The molecule has 0 heterocycles. The van der Waals surface area contributed by atoms with Gasteiger partial charge in [0.05, 0.1) is 18.6 Å². The number of likely N-dealkylation sites (N-methyl/N-ethyl adjacent to an activating group) is 1. The van der Waals surface area contributed by atoms with Gasteiger partial charge in [0, 0.05) is 21.2 Å². The summed E-state index contributed by atoms with van der Waals surface area (Å²) in [5.41, 5.74) is 7.38. The largest absolute Gasteiger partial charge is 0.375 e. The number of rotatable bonds is 6. The van der Waals surface area contributed by atoms with Crippen LogP contribution in [0.25, 0.3) is 0 Å². The SMILES string of the molecule is CO[C@H](c1ccc(CC(=O)N(C)C)cc1)[C@H](N)CF. The molecule has 0 aliphatic carbocycles. The summed E-state index contributed by atoms with van der Waals surface area (Å²) < 4.78 is 17.8. The van der Waals surface area contributed by atoms with Gasteiger partial charge in [0.25, 0.3) is 0 Å². The normalized spacial score (nSPS) is 13.9. The molecule has 0 saturated heterocycles. The molecule has 106 valence electrons. The summed E-state index contributed by atoms with van der Waals surface area (Å²) in [5.74, 6) is 0.0384. The highest BCUT2D eigenvalue weighted by Gasteiger charge is 2.19. The fourth-order valence-electron chi connectivity index (χ4n) is 1.80. The molecule has 5 heteroatoms. The van der Waals surface area contributed by atoms with E-state index in [-0.39, 0.29) is 5.91 Å². The molecule has 1 rings (SSSR count). The van der Waals surface area contributed by atoms with Crippen LogP contribution in [0.15, 0.2) is 24.3 Å². The Hall–Kier alpha value is -1.46. The minimum Gasteiger partial charge on any atom is -0.375 e. The molecule has 0 spiro atoms. The number of carbonyl (C=O) groups is 1. The van der Waals surface area contributed by atoms with Gasteiger partial charge in [-0.3, -0.25) is 4.79 Å². The van der Waals surface area contributed by atoms with E-state index in [0.717, 1.165) is 11.1 Å². The molecule has 2 N–H and O–H groups in total. The predicted molar refractivity (Wildman–Crippen MR) is 72.5 cm³/mol. The van der Waals surface area contributed by atoms with Crippen molar-refractivity contribution >= 4 is 5.91 Å². The molecule has 0 radical (unpaired) electrons. The summed E-state index contributed by atoms with van der Waals surface area (Å²) in [5, 5.41) is 0. The Bertz CT molecular complexity index is 406. The Morgan fingerprint density at radius 1 is 1.37 bits per heavy atom. The van der Waals surface area contributed by atoms with E-state index in [1.54, 1.807) is 19.0 Å². The van der Waals surface area contributed by atoms with Crippen LogP contribution in [0.1, 0.15) is 17.2 Å². The van der Waals surface area contributed by atoms with Crippen molar-refractivity contribution in [3.63, 3.8) is 0 Å². The number of benzene rings is 1. The third kappa shape index (κ3) is 4.29. The zero-order valence-corrected chi connectivity index (χ0v) is 11.6. The van der Waals surface area contributed by atoms with E-state index in [1.165, 1.54) is 7.11 Å². The number of nitrogens with zero attached hydrogens (tertiary/aromatic N) is 1. The average molecular weight is 268 g/mol. The molecule has 0 fully saturated rings. The van der Waals surface area contributed by atoms with Gasteiger partial charge in [0.1, 0.15) is 6.67 Å². The van der Waals surface area contributed by atoms with Crippen molar-refractivity contribution in [1.29, 1.82) is 0 Å². The van der Waals surface area contributed by atoms with Gasteiger partial charge >= 0.3 is 0 Å². The van der Waals surface area contributed by atoms with Crippen molar-refractivity contribution in [3.8, 4) is 0 Å². The predicted octanol–water partition coefficient (Wildman–Crippen LogP) is 1.30. The lowest BCUT2D eigenvalue weighted by Crippen LogP contribution is -2.31. The summed E-state index contributed by atoms with van der Waals surface area (Å²) in [6.07, 6.45) is -0.122. The van der Waals surface area contributed by atoms with Crippen LogP contribution < -0.4 is 5.73 Å². The Labute approximate surface area is 113 Å². The van der Waals surface area contributed by atoms with Gasteiger partial charge < -0.3 is 15.4 Å². The minimum atomic E-state index is -0.681. The molecule has 0 aromatic heterocycles. The minimum absolute atomic E-state index is 0.0384. The molecule has 2 atom stereocenters. The van der Waals surface area contributed by atoms with Crippen molar-refractivity contribution in [2.75, 3.05) is 27.9 Å². The maximum atomic E-state index is 12.6. The van der Waals surface area contributed by atoms with E-state index in [0.29, 0.717) is 6.42 Å². The van der Waals surface area contributed by atoms with Crippen LogP contribution >= 0.6 is 0 Å². The highest BCUT2D eigenvalue weighted by Crippen LogP contribution is 2.20. The average Bonchev–Trinajstić information content (AvgIpc) is 2.41. The van der Waals surface area contributed by atoms with Crippen molar-refractivity contribution < 1.29 is 13.9 Å². The molecule has 4 nitrogen and oxygen atoms in total. The van der Waals surface area contributed by atoms with Crippen LogP contribution in [0.5, 0.6) is 0 Å². The summed E-state index contributed by atoms with van der Waals surface area (Å²) >= 11 is 0. The van der Waals surface area contributed by atoms with E-state index in [9.17, 15) is 9.18 Å². The summed E-state index contributed by atoms with van der Waals surface area (Å²) in [7, 11) is 4.94. The van der Waals surface area contributed by atoms with Crippen LogP contribution in [-0.2, 0) is 16.0 Å². The quantitative estimate of drug-likeness (QED) is 0.846. The van der Waals surface area contributed by atoms with E-state index in [1.807, 2.05) is 24.3 Å². The fraction of sp³-hybridized carbons (Fsp3) is 0.500. The van der Waals surface area contributed by atoms with Crippen LogP contribution in [-0.4, -0.2) is 44.7 Å².